The molecule has 4 aromatic rings. The Hall–Kier alpha value is -13.2. The Morgan fingerprint density at radius 3 is 1.51 bits per heavy atom. The van der Waals surface area contributed by atoms with E-state index in [4.69, 9.17) is 39.6 Å². The number of hydrogen-bond donors (Lipinski definition) is 22. The van der Waals surface area contributed by atoms with Crippen LogP contribution in [0.15, 0.2) is 48.1 Å². The van der Waals surface area contributed by atoms with Gasteiger partial charge in [-0.2, -0.15) is 11.8 Å². The number of imidazole rings is 1. The number of nitrogens with zero attached hydrogens (tertiary/aromatic N) is 4. The topological polar surface area (TPSA) is 706 Å². The van der Waals surface area contributed by atoms with Crippen molar-refractivity contribution >= 4 is 135 Å². The lowest BCUT2D eigenvalue weighted by molar-refractivity contribution is -0.136. The number of carbonyl (C=O) groups excluding carboxylic acids is 17. The van der Waals surface area contributed by atoms with Gasteiger partial charge in [0.05, 0.1) is 25.8 Å². The minimum atomic E-state index is -2.36. The van der Waals surface area contributed by atoms with Gasteiger partial charge in [0.2, 0.25) is 94.5 Å². The van der Waals surface area contributed by atoms with E-state index < -0.39 is 264 Å². The van der Waals surface area contributed by atoms with E-state index in [9.17, 15) is 90.3 Å². The number of aromatic nitrogens is 3. The van der Waals surface area contributed by atoms with Crippen molar-refractivity contribution in [2.24, 2.45) is 51.5 Å². The highest BCUT2D eigenvalue weighted by Crippen LogP contribution is 2.31. The molecule has 11 atom stereocenters. The van der Waals surface area contributed by atoms with Crippen LogP contribution in [0.25, 0.3) is 21.3 Å². The normalized spacial score (nSPS) is 13.8. The van der Waals surface area contributed by atoms with Crippen LogP contribution < -0.4 is 103 Å². The summed E-state index contributed by atoms with van der Waals surface area (Å²) in [7, 11) is 0. The largest absolute Gasteiger partial charge is 0.370 e. The average molecular weight is 1730 g/mol. The van der Waals surface area contributed by atoms with E-state index in [2.05, 4.69) is 94.1 Å². The fourth-order valence-electron chi connectivity index (χ4n) is 11.9. The van der Waals surface area contributed by atoms with Crippen molar-refractivity contribution in [3.8, 4) is 0 Å². The van der Waals surface area contributed by atoms with Crippen LogP contribution >= 0.6 is 11.8 Å². The van der Waals surface area contributed by atoms with E-state index in [0.29, 0.717) is 27.9 Å². The zero-order valence-electron chi connectivity index (χ0n) is 67.5. The number of halogens is 4. The van der Waals surface area contributed by atoms with Gasteiger partial charge in [0.15, 0.2) is 29.2 Å². The van der Waals surface area contributed by atoms with Crippen LogP contribution in [0.2, 0.25) is 0 Å². The molecule has 0 saturated heterocycles. The number of amides is 17. The SMILES string of the molecule is CSCC[C@H](NC(=O)[C@H](CC(C)C)NC(=O)[C@H](Cc1cnc[nH]1)NC(=O)CNC(=O)[C@@H](NC(=O)[C@H](C)NC(=O)[C@H](Cc1c[nH]c2ccccc12)NC(=O)[C@H](CCC(N)=O)NC(=O)[C@H](CC(N)=O)NC(=O)CNC(=O)[C@H](CC(C)C)NC(=O)[C@H](CCCNC(=N)N)NC(=O)[C@H](CCC(N)=O)NC(=O)c1c(F)c(F)c(N=[N+]=[N-])c(F)c1F)C(C)C)C(N)=O. The first-order valence-electron chi connectivity index (χ1n) is 38.0. The molecule has 0 radical (unpaired) electrons. The maximum absolute atomic E-state index is 15.1. The lowest BCUT2D eigenvalue weighted by Gasteiger charge is -2.27. The molecule has 0 bridgehead atoms. The molecular formula is C73H104F4N26O17S. The molecule has 121 heavy (non-hydrogen) atoms. The summed E-state index contributed by atoms with van der Waals surface area (Å²) in [5.41, 5.74) is 33.5. The van der Waals surface area contributed by atoms with Crippen LogP contribution in [0.1, 0.15) is 134 Å². The van der Waals surface area contributed by atoms with Crippen LogP contribution in [0.3, 0.4) is 0 Å². The van der Waals surface area contributed by atoms with E-state index >= 15 is 8.78 Å². The van der Waals surface area contributed by atoms with Crippen LogP contribution in [-0.2, 0) is 89.6 Å². The predicted molar refractivity (Wildman–Crippen MR) is 427 cm³/mol. The van der Waals surface area contributed by atoms with E-state index in [1.54, 1.807) is 72.1 Å². The second-order valence-electron chi connectivity index (χ2n) is 29.1. The van der Waals surface area contributed by atoms with Gasteiger partial charge in [-0.25, -0.2) is 22.5 Å². The van der Waals surface area contributed by atoms with Crippen LogP contribution in [0.5, 0.6) is 0 Å². The van der Waals surface area contributed by atoms with Crippen molar-refractivity contribution in [3.05, 3.63) is 93.5 Å². The predicted octanol–water partition coefficient (Wildman–Crippen LogP) is -3.27. The number of nitrogens with one attached hydrogen (secondary N) is 17. The van der Waals surface area contributed by atoms with E-state index in [-0.39, 0.29) is 57.4 Å². The van der Waals surface area contributed by atoms with Gasteiger partial charge in [-0.1, -0.05) is 64.9 Å². The number of rotatable bonds is 52. The number of carbonyl (C=O) groups is 17. The third kappa shape index (κ3) is 33.3. The number of thioether (sulfide) groups is 1. The third-order valence-corrected chi connectivity index (χ3v) is 18.7. The average Bonchev–Trinajstić information content (AvgIpc) is 1.66. The fraction of sp³-hybridized carbons (Fsp3) is 0.521. The molecule has 662 valence electrons. The highest BCUT2D eigenvalue weighted by Gasteiger charge is 2.38. The summed E-state index contributed by atoms with van der Waals surface area (Å²) in [6, 6.07) is -10.6. The Labute approximate surface area is 694 Å². The number of hydrogen-bond acceptors (Lipinski definition) is 21. The highest BCUT2D eigenvalue weighted by atomic mass is 32.2. The molecular weight excluding hydrogens is 1620 g/mol. The number of benzene rings is 2. The molecule has 0 saturated carbocycles. The number of guanidine groups is 1. The Morgan fingerprint density at radius 1 is 0.521 bits per heavy atom. The minimum absolute atomic E-state index is 0.105. The van der Waals surface area contributed by atoms with Crippen molar-refractivity contribution in [2.75, 3.05) is 31.6 Å². The maximum Gasteiger partial charge on any atom is 0.258 e. The standard InChI is InChI=1S/C73H104F4N26O17S/c1-32(2)22-44(98-64(112)41(14-11-20-86-73(82)83)95-65(113)43(16-18-50(79)105)97-71(119)54-55(74)57(76)60(102-103-84)58(77)56(54)75)63(111)88-29-52(107)93-48(26-51(80)106)70(118)96-42(15-17-49(78)104)66(114)100-46(24-36-27-87-39-13-10-9-12-38(36)39)67(115)91-35(7)62(110)101-59(34(5)6)72(120)89-30-53(108)92-47(25-37-28-85-31-90-37)69(117)99-45(23-33(3)4)68(116)94-40(61(81)109)19-21-121-8/h9-10,12-13,27-28,31-35,40-48,59,87H,11,14-26,29-30H2,1-8H3,(H2,78,104)(H2,79,105)(H2,80,106)(H2,81,109)(H,85,90)(H,88,111)(H,89,120)(H,91,115)(H,92,108)(H,93,107)(H,94,116)(H,95,113)(H,96,118)(H,97,119)(H,98,112)(H,99,117)(H,100,114)(H,101,110)(H4,82,83,86)/t35-,40-,41-,42-,43-,44-,45-,46-,47-,48-,59-/m0/s1. The molecule has 2 aromatic carbocycles. The molecule has 0 fully saturated rings. The van der Waals surface area contributed by atoms with Gasteiger partial charge in [0, 0.05) is 66.1 Å². The van der Waals surface area contributed by atoms with Gasteiger partial charge in [0.25, 0.3) is 5.91 Å². The molecule has 48 heteroatoms. The third-order valence-electron chi connectivity index (χ3n) is 18.1. The number of H-pyrrole nitrogens is 2. The van der Waals surface area contributed by atoms with E-state index in [1.165, 1.54) is 37.4 Å². The first-order valence-corrected chi connectivity index (χ1v) is 39.4. The first-order chi connectivity index (χ1) is 57.0. The molecule has 0 aliphatic heterocycles. The molecule has 0 aliphatic carbocycles. The summed E-state index contributed by atoms with van der Waals surface area (Å²) in [5.74, 6) is -29.3. The summed E-state index contributed by atoms with van der Waals surface area (Å²) in [6.45, 7) is 9.23. The zero-order valence-corrected chi connectivity index (χ0v) is 68.3. The number of fused-ring (bicyclic) bond motifs is 1. The molecule has 0 spiro atoms. The Kier molecular flexibility index (Phi) is 40.8. The molecule has 0 unspecified atom stereocenters. The molecule has 0 aliphatic rings. The second kappa shape index (κ2) is 49.3. The molecule has 27 N–H and O–H groups in total. The summed E-state index contributed by atoms with van der Waals surface area (Å²) >= 11 is 1.42. The number of para-hydroxylation sites is 1. The summed E-state index contributed by atoms with van der Waals surface area (Å²) < 4.78 is 59.7. The maximum atomic E-state index is 15.1. The molecule has 4 rings (SSSR count). The monoisotopic (exact) mass is 1720 g/mol. The summed E-state index contributed by atoms with van der Waals surface area (Å²) in [4.78, 5) is 243. The lowest BCUT2D eigenvalue weighted by atomic mass is 10.0. The Bertz CT molecular complexity index is 4440. The van der Waals surface area contributed by atoms with Gasteiger partial charge in [-0.15, -0.1) is 0 Å². The van der Waals surface area contributed by atoms with Crippen molar-refractivity contribution in [2.45, 2.75) is 192 Å². The molecule has 43 nitrogen and oxygen atoms in total. The van der Waals surface area contributed by atoms with Crippen LogP contribution in [0.4, 0.5) is 23.2 Å². The first kappa shape index (κ1) is 100. The quantitative estimate of drug-likeness (QED) is 0.00301. The fourth-order valence-corrected chi connectivity index (χ4v) is 12.3. The number of aromatic amines is 2. The summed E-state index contributed by atoms with van der Waals surface area (Å²) in [6.07, 6.45) is 1.47. The van der Waals surface area contributed by atoms with Gasteiger partial charge in [-0.3, -0.25) is 86.9 Å². The number of primary amides is 4. The summed E-state index contributed by atoms with van der Waals surface area (Å²) in [5, 5.41) is 44.1. The highest BCUT2D eigenvalue weighted by molar-refractivity contribution is 7.98. The van der Waals surface area contributed by atoms with Crippen molar-refractivity contribution in [1.29, 1.82) is 5.41 Å². The van der Waals surface area contributed by atoms with Gasteiger partial charge < -0.3 is 113 Å². The smallest absolute Gasteiger partial charge is 0.258 e. The van der Waals surface area contributed by atoms with Crippen LogP contribution in [0, 0.1) is 46.4 Å². The Morgan fingerprint density at radius 2 is 1.00 bits per heavy atom. The van der Waals surface area contributed by atoms with Crippen molar-refractivity contribution in [3.63, 3.8) is 0 Å². The zero-order chi connectivity index (χ0) is 90.7. The molecule has 17 amide bonds. The molecule has 2 aromatic heterocycles. The number of azide groups is 1. The van der Waals surface area contributed by atoms with Gasteiger partial charge >= 0.3 is 0 Å². The number of nitrogens with two attached hydrogens (primary N) is 5. The van der Waals surface area contributed by atoms with Crippen molar-refractivity contribution in [1.82, 2.24) is 89.4 Å². The van der Waals surface area contributed by atoms with E-state index in [0.717, 1.165) is 0 Å². The lowest BCUT2D eigenvalue weighted by Crippen LogP contribution is -2.60. The minimum Gasteiger partial charge on any atom is -0.370 e. The second-order valence-corrected chi connectivity index (χ2v) is 30.1. The van der Waals surface area contributed by atoms with E-state index in [1.807, 2.05) is 5.32 Å². The van der Waals surface area contributed by atoms with Gasteiger partial charge in [-0.05, 0) is 98.8 Å². The Balaban J connectivity index is 1.53. The van der Waals surface area contributed by atoms with Crippen LogP contribution in [-0.4, -0.2) is 219 Å². The van der Waals surface area contributed by atoms with Crippen molar-refractivity contribution < 1.29 is 99.1 Å². The molecule has 2 heterocycles. The van der Waals surface area contributed by atoms with Gasteiger partial charge in [0.1, 0.15) is 77.7 Å².